The number of hydrogen-bond acceptors (Lipinski definition) is 5. The highest BCUT2D eigenvalue weighted by Gasteiger charge is 2.66. The monoisotopic (exact) mass is 827 g/mol. The van der Waals surface area contributed by atoms with Gasteiger partial charge in [-0.1, -0.05) is 63.1 Å². The van der Waals surface area contributed by atoms with E-state index in [4.69, 9.17) is 10.8 Å². The molecule has 0 aliphatic heterocycles. The van der Waals surface area contributed by atoms with Gasteiger partial charge in [0, 0.05) is 25.4 Å². The van der Waals surface area contributed by atoms with E-state index < -0.39 is 36.2 Å². The summed E-state index contributed by atoms with van der Waals surface area (Å²) < 4.78 is 128. The number of hydrogen-bond donors (Lipinski definition) is 2. The van der Waals surface area contributed by atoms with E-state index in [1.165, 1.54) is 0 Å². The number of carbonyl (C=O) groups is 2. The molecule has 3 N–H and O–H groups in total. The van der Waals surface area contributed by atoms with Gasteiger partial charge in [-0.25, -0.2) is 14.8 Å². The lowest BCUT2D eigenvalue weighted by Crippen LogP contribution is -2.08. The van der Waals surface area contributed by atoms with E-state index in [9.17, 15) is 48.4 Å². The molecule has 55 heavy (non-hydrogen) atoms. The van der Waals surface area contributed by atoms with Crippen molar-refractivity contribution in [3.63, 3.8) is 0 Å². The maximum atomic E-state index is 12.7. The van der Waals surface area contributed by atoms with Gasteiger partial charge < -0.3 is 10.8 Å². The van der Waals surface area contributed by atoms with E-state index in [2.05, 4.69) is 9.97 Å². The van der Waals surface area contributed by atoms with Crippen molar-refractivity contribution in [3.8, 4) is 0 Å². The summed E-state index contributed by atoms with van der Waals surface area (Å²) in [6.45, 7) is 7.28. The van der Waals surface area contributed by atoms with E-state index in [1.807, 2.05) is 38.1 Å². The Morgan fingerprint density at radius 2 is 1.00 bits per heavy atom. The van der Waals surface area contributed by atoms with Crippen LogP contribution in [0.25, 0.3) is 11.3 Å². The van der Waals surface area contributed by atoms with Crippen molar-refractivity contribution < 1.29 is 53.6 Å². The number of carboxylic acid groups (broad SMARTS) is 1. The predicted octanol–water partition coefficient (Wildman–Crippen LogP) is 11.9. The third kappa shape index (κ3) is 10.8. The second-order valence-corrected chi connectivity index (χ2v) is 17.4. The second kappa shape index (κ2) is 13.3. The van der Waals surface area contributed by atoms with Crippen molar-refractivity contribution >= 4 is 43.5 Å². The zero-order valence-corrected chi connectivity index (χ0v) is 31.1. The average molecular weight is 828 g/mol. The van der Waals surface area contributed by atoms with E-state index >= 15 is 0 Å². The van der Waals surface area contributed by atoms with Crippen LogP contribution in [-0.4, -0.2) is 35.6 Å². The Kier molecular flexibility index (Phi) is 10.3. The van der Waals surface area contributed by atoms with Gasteiger partial charge in [-0.2, -0.15) is 0 Å². The fraction of sp³-hybridized carbons (Fsp3) is 0.200. The summed E-state index contributed by atoms with van der Waals surface area (Å²) in [5, 5.41) is 8.96. The Morgan fingerprint density at radius 3 is 1.38 bits per heavy atom. The number of nitrogens with two attached hydrogens (primary N) is 1. The third-order valence-corrected chi connectivity index (χ3v) is 10.3. The molecule has 6 aromatic rings. The van der Waals surface area contributed by atoms with Crippen LogP contribution in [0.3, 0.4) is 0 Å². The molecule has 2 aromatic carbocycles. The molecule has 300 valence electrons. The van der Waals surface area contributed by atoms with Crippen LogP contribution in [0.15, 0.2) is 95.0 Å². The Bertz CT molecular complexity index is 2420. The third-order valence-electron chi connectivity index (χ3n) is 7.99. The summed E-state index contributed by atoms with van der Waals surface area (Å²) in [6, 6.07) is 12.7. The van der Waals surface area contributed by atoms with Crippen molar-refractivity contribution in [1.82, 2.24) is 18.8 Å². The lowest BCUT2D eigenvalue weighted by atomic mass is 10.1. The molecule has 0 bridgehead atoms. The molecule has 0 radical (unpaired) electrons. The Hall–Kier alpha value is -5.08. The van der Waals surface area contributed by atoms with Crippen molar-refractivity contribution in [2.24, 2.45) is 5.73 Å². The molecule has 6 rings (SSSR count). The highest BCUT2D eigenvalue weighted by atomic mass is 32.5. The molecule has 4 aromatic heterocycles. The normalized spacial score (nSPS) is 14.4. The van der Waals surface area contributed by atoms with Crippen LogP contribution < -0.4 is 5.73 Å². The average Bonchev–Trinajstić information content (AvgIpc) is 3.56. The molecule has 4 heterocycles. The number of rotatable bonds is 8. The first-order valence-corrected chi connectivity index (χ1v) is 19.8. The number of aryl methyl sites for hydroxylation is 5. The summed E-state index contributed by atoms with van der Waals surface area (Å²) in [4.78, 5) is 28.2. The van der Waals surface area contributed by atoms with Gasteiger partial charge in [-0.15, -0.1) is 0 Å². The molecular weight excluding hydrogens is 793 g/mol. The van der Waals surface area contributed by atoms with E-state index in [-0.39, 0.29) is 30.9 Å². The van der Waals surface area contributed by atoms with Gasteiger partial charge in [0.1, 0.15) is 26.8 Å². The fourth-order valence-electron chi connectivity index (χ4n) is 5.29. The lowest BCUT2D eigenvalue weighted by molar-refractivity contribution is 0.0688. The lowest BCUT2D eigenvalue weighted by Gasteiger charge is -2.40. The van der Waals surface area contributed by atoms with Crippen LogP contribution >= 0.6 is 20.4 Å². The summed E-state index contributed by atoms with van der Waals surface area (Å²) in [6.07, 6.45) is 3.63. The molecule has 8 nitrogen and oxygen atoms in total. The predicted molar refractivity (Wildman–Crippen MR) is 193 cm³/mol. The Balaban J connectivity index is 0.000000202. The minimum absolute atomic E-state index is 0.0145. The maximum Gasteiger partial charge on any atom is 0.354 e. The van der Waals surface area contributed by atoms with Crippen molar-refractivity contribution in [2.75, 3.05) is 0 Å². The van der Waals surface area contributed by atoms with Crippen LogP contribution in [0.4, 0.5) is 38.9 Å². The first-order chi connectivity index (χ1) is 24.9. The summed E-state index contributed by atoms with van der Waals surface area (Å²) in [7, 11) is -19.2. The number of pyridine rings is 2. The largest absolute Gasteiger partial charge is 0.477 e. The summed E-state index contributed by atoms with van der Waals surface area (Å²) >= 11 is 0. The van der Waals surface area contributed by atoms with Crippen LogP contribution in [0.5, 0.6) is 0 Å². The zero-order valence-electron chi connectivity index (χ0n) is 29.4. The van der Waals surface area contributed by atoms with Gasteiger partial charge in [-0.3, -0.25) is 13.6 Å². The number of halogens is 10. The molecule has 0 fully saturated rings. The van der Waals surface area contributed by atoms with Gasteiger partial charge in [0.2, 0.25) is 0 Å². The number of Topliss-reactive ketones (excluding diaryl/α,β-unsaturated/α-hetero) is 1. The first kappa shape index (κ1) is 42.7. The Labute approximate surface area is 308 Å². The fourth-order valence-corrected chi connectivity index (χ4v) is 6.60. The number of aromatic carboxylic acids is 1. The molecular formula is C35H35F10N5O3S2. The molecule has 0 spiro atoms. The van der Waals surface area contributed by atoms with E-state index in [1.54, 1.807) is 35.0 Å². The van der Waals surface area contributed by atoms with E-state index in [0.29, 0.717) is 63.8 Å². The number of ketones is 1. The number of aromatic nitrogens is 4. The standard InChI is InChI=1S/C18H17F5N2OS.C10H10N2O2.C7H8F5NS/c1-12-9-10-25-17(11-12)24-13(2)18(25)16(26)8-5-14-3-6-15(7-4-14)27(19,20,21,22)23;1-6-3-4-12-8(5-6)11-7(2)9(12)10(13)14;8-14(9,10,11,12)7-3-1-6(5-13)2-4-7/h3-4,6-7,9-11H,5,8H2,1-2H3;3-5H,1-2H3,(H,13,14);1-4H,5,13H2. The van der Waals surface area contributed by atoms with Gasteiger partial charge in [0.25, 0.3) is 0 Å². The minimum atomic E-state index is -9.67. The number of nitrogens with zero attached hydrogens (tertiary/aromatic N) is 4. The van der Waals surface area contributed by atoms with Crippen molar-refractivity contribution in [1.29, 1.82) is 0 Å². The number of carbonyl (C=O) groups excluding carboxylic acids is 1. The van der Waals surface area contributed by atoms with Gasteiger partial charge in [0.05, 0.1) is 11.4 Å². The summed E-state index contributed by atoms with van der Waals surface area (Å²) in [5.41, 5.74) is 11.0. The molecule has 0 atom stereocenters. The molecule has 0 saturated heterocycles. The first-order valence-electron chi connectivity index (χ1n) is 15.9. The van der Waals surface area contributed by atoms with Crippen LogP contribution in [-0.2, 0) is 13.0 Å². The SMILES string of the molecule is Cc1ccn2c(C(=O)CCc3ccc(S(F)(F)(F)(F)F)cc3)c(C)nc2c1.Cc1ccn2c(C(=O)O)c(C)nc2c1.NCc1ccc(S(F)(F)(F)(F)F)cc1. The van der Waals surface area contributed by atoms with Crippen molar-refractivity contribution in [2.45, 2.75) is 56.9 Å². The molecule has 0 amide bonds. The molecule has 0 saturated carbocycles. The number of benzene rings is 2. The highest BCUT2D eigenvalue weighted by molar-refractivity contribution is 8.46. The zero-order chi connectivity index (χ0) is 41.5. The number of carboxylic acids is 1. The number of fused-ring (bicyclic) bond motifs is 2. The highest BCUT2D eigenvalue weighted by Crippen LogP contribution is 3.02. The van der Waals surface area contributed by atoms with Crippen LogP contribution in [0, 0.1) is 27.7 Å². The smallest absolute Gasteiger partial charge is 0.354 e. The second-order valence-electron chi connectivity index (χ2n) is 12.6. The Morgan fingerprint density at radius 1 is 0.618 bits per heavy atom. The van der Waals surface area contributed by atoms with Crippen LogP contribution in [0.2, 0.25) is 0 Å². The van der Waals surface area contributed by atoms with E-state index in [0.717, 1.165) is 35.4 Å². The van der Waals surface area contributed by atoms with Gasteiger partial charge in [-0.05, 0) is 105 Å². The maximum absolute atomic E-state index is 12.7. The molecule has 0 unspecified atom stereocenters. The minimum Gasteiger partial charge on any atom is -0.477 e. The van der Waals surface area contributed by atoms with Crippen LogP contribution in [0.1, 0.15) is 61.0 Å². The molecule has 20 heteroatoms. The topological polar surface area (TPSA) is 115 Å². The molecule has 0 aliphatic carbocycles. The van der Waals surface area contributed by atoms with Gasteiger partial charge in [0.15, 0.2) is 11.5 Å². The number of imidazole rings is 2. The van der Waals surface area contributed by atoms with Crippen molar-refractivity contribution in [3.05, 3.63) is 130 Å². The quantitative estimate of drug-likeness (QED) is 0.117. The summed E-state index contributed by atoms with van der Waals surface area (Å²) in [5.74, 6) is -1.17. The molecule has 0 aliphatic rings. The van der Waals surface area contributed by atoms with Gasteiger partial charge >= 0.3 is 26.4 Å².